The molecule has 0 fully saturated rings. The Morgan fingerprint density at radius 1 is 1.23 bits per heavy atom. The summed E-state index contributed by atoms with van der Waals surface area (Å²) in [6.45, 7) is 0.145. The number of nitrogen functional groups attached to an aromatic ring is 1. The smallest absolute Gasteiger partial charge is 0.231 e. The van der Waals surface area contributed by atoms with Crippen molar-refractivity contribution in [3.05, 3.63) is 53.6 Å². The van der Waals surface area contributed by atoms with Crippen molar-refractivity contribution < 1.29 is 19.0 Å². The number of hydrogen-bond acceptors (Lipinski definition) is 5. The molecule has 0 saturated heterocycles. The maximum atomic E-state index is 12.3. The molecule has 0 aromatic heterocycles. The topological polar surface area (TPSA) is 70.8 Å². The molecule has 0 atom stereocenters. The number of carbonyl (C=O) groups excluding carboxylic acids is 1. The van der Waals surface area contributed by atoms with E-state index in [9.17, 15) is 4.79 Å². The molecule has 0 radical (unpaired) electrons. The zero-order chi connectivity index (χ0) is 15.5. The van der Waals surface area contributed by atoms with Gasteiger partial charge in [0.25, 0.3) is 0 Å². The summed E-state index contributed by atoms with van der Waals surface area (Å²) in [5.41, 5.74) is 7.52. The molecule has 22 heavy (non-hydrogen) atoms. The standard InChI is InChI=1S/C17H15NO4/c1-20-12-4-2-3-11(7-12)5-6-15(19)13-8-16-17(9-14(13)18)22-10-21-16/h2-9H,10,18H2,1H3/b6-5+. The van der Waals surface area contributed by atoms with E-state index >= 15 is 0 Å². The van der Waals surface area contributed by atoms with Crippen LogP contribution in [0.4, 0.5) is 5.69 Å². The summed E-state index contributed by atoms with van der Waals surface area (Å²) in [7, 11) is 1.60. The minimum absolute atomic E-state index is 0.145. The molecule has 2 aromatic rings. The molecule has 0 spiro atoms. The summed E-state index contributed by atoms with van der Waals surface area (Å²) in [5, 5.41) is 0. The lowest BCUT2D eigenvalue weighted by Gasteiger charge is -2.04. The minimum Gasteiger partial charge on any atom is -0.497 e. The number of nitrogens with two attached hydrogens (primary N) is 1. The van der Waals surface area contributed by atoms with Gasteiger partial charge >= 0.3 is 0 Å². The molecule has 0 bridgehead atoms. The van der Waals surface area contributed by atoms with E-state index in [1.807, 2.05) is 24.3 Å². The number of fused-ring (bicyclic) bond motifs is 1. The number of benzene rings is 2. The van der Waals surface area contributed by atoms with E-state index in [1.54, 1.807) is 25.3 Å². The van der Waals surface area contributed by atoms with Gasteiger partial charge < -0.3 is 19.9 Å². The van der Waals surface area contributed by atoms with Crippen LogP contribution < -0.4 is 19.9 Å². The molecule has 0 saturated carbocycles. The fourth-order valence-electron chi connectivity index (χ4n) is 2.18. The Hall–Kier alpha value is -2.95. The van der Waals surface area contributed by atoms with Crippen molar-refractivity contribution in [1.82, 2.24) is 0 Å². The van der Waals surface area contributed by atoms with Gasteiger partial charge in [0.2, 0.25) is 6.79 Å². The summed E-state index contributed by atoms with van der Waals surface area (Å²) in [6, 6.07) is 10.6. The Bertz CT molecular complexity index is 752. The number of anilines is 1. The highest BCUT2D eigenvalue weighted by molar-refractivity contribution is 6.10. The third kappa shape index (κ3) is 2.74. The van der Waals surface area contributed by atoms with Gasteiger partial charge in [0.05, 0.1) is 7.11 Å². The van der Waals surface area contributed by atoms with E-state index < -0.39 is 0 Å². The molecule has 5 heteroatoms. The first-order chi connectivity index (χ1) is 10.7. The van der Waals surface area contributed by atoms with E-state index in [2.05, 4.69) is 0 Å². The minimum atomic E-state index is -0.196. The third-order valence-corrected chi connectivity index (χ3v) is 3.33. The van der Waals surface area contributed by atoms with Crippen molar-refractivity contribution in [3.63, 3.8) is 0 Å². The molecular weight excluding hydrogens is 282 g/mol. The maximum Gasteiger partial charge on any atom is 0.231 e. The number of carbonyl (C=O) groups is 1. The first kappa shape index (κ1) is 14.0. The van der Waals surface area contributed by atoms with Crippen LogP contribution in [0.15, 0.2) is 42.5 Å². The molecule has 1 heterocycles. The normalized spacial score (nSPS) is 12.6. The fraction of sp³-hybridized carbons (Fsp3) is 0.118. The average Bonchev–Trinajstić information content (AvgIpc) is 2.99. The van der Waals surface area contributed by atoms with Gasteiger partial charge in [-0.2, -0.15) is 0 Å². The monoisotopic (exact) mass is 297 g/mol. The molecule has 5 nitrogen and oxygen atoms in total. The van der Waals surface area contributed by atoms with E-state index in [1.165, 1.54) is 6.08 Å². The molecule has 2 aromatic carbocycles. The summed E-state index contributed by atoms with van der Waals surface area (Å²) in [5.74, 6) is 1.63. The van der Waals surface area contributed by atoms with Crippen molar-refractivity contribution >= 4 is 17.5 Å². The molecule has 1 aliphatic heterocycles. The second-order valence-electron chi connectivity index (χ2n) is 4.77. The van der Waals surface area contributed by atoms with Crippen LogP contribution in [0.2, 0.25) is 0 Å². The van der Waals surface area contributed by atoms with Crippen LogP contribution in [0.1, 0.15) is 15.9 Å². The van der Waals surface area contributed by atoms with Gasteiger partial charge in [0, 0.05) is 17.3 Å². The van der Waals surface area contributed by atoms with Crippen molar-refractivity contribution in [3.8, 4) is 17.2 Å². The van der Waals surface area contributed by atoms with E-state index in [0.717, 1.165) is 11.3 Å². The molecule has 2 N–H and O–H groups in total. The van der Waals surface area contributed by atoms with E-state index in [4.69, 9.17) is 19.9 Å². The van der Waals surface area contributed by atoms with Crippen molar-refractivity contribution in [1.29, 1.82) is 0 Å². The average molecular weight is 297 g/mol. The van der Waals surface area contributed by atoms with Gasteiger partial charge in [-0.1, -0.05) is 18.2 Å². The first-order valence-corrected chi connectivity index (χ1v) is 6.73. The molecule has 0 amide bonds. The lowest BCUT2D eigenvalue weighted by molar-refractivity contribution is 0.104. The second-order valence-corrected chi connectivity index (χ2v) is 4.77. The van der Waals surface area contributed by atoms with Crippen LogP contribution >= 0.6 is 0 Å². The Kier molecular flexibility index (Phi) is 3.70. The number of allylic oxidation sites excluding steroid dienone is 1. The highest BCUT2D eigenvalue weighted by Crippen LogP contribution is 2.36. The van der Waals surface area contributed by atoms with Gasteiger partial charge in [-0.05, 0) is 29.8 Å². The highest BCUT2D eigenvalue weighted by atomic mass is 16.7. The van der Waals surface area contributed by atoms with Crippen LogP contribution in [-0.2, 0) is 0 Å². The highest BCUT2D eigenvalue weighted by Gasteiger charge is 2.18. The van der Waals surface area contributed by atoms with Crippen LogP contribution in [0.25, 0.3) is 6.08 Å². The number of methoxy groups -OCH3 is 1. The number of rotatable bonds is 4. The molecule has 0 aliphatic carbocycles. The first-order valence-electron chi connectivity index (χ1n) is 6.73. The van der Waals surface area contributed by atoms with Gasteiger partial charge in [0.15, 0.2) is 17.3 Å². The number of hydrogen-bond donors (Lipinski definition) is 1. The molecule has 112 valence electrons. The predicted molar refractivity (Wildman–Crippen MR) is 83.3 cm³/mol. The van der Waals surface area contributed by atoms with Crippen molar-refractivity contribution in [2.75, 3.05) is 19.6 Å². The Balaban J connectivity index is 1.83. The maximum absolute atomic E-state index is 12.3. The van der Waals surface area contributed by atoms with Crippen molar-refractivity contribution in [2.45, 2.75) is 0 Å². The molecule has 3 rings (SSSR count). The zero-order valence-corrected chi connectivity index (χ0v) is 12.0. The predicted octanol–water partition coefficient (Wildman–Crippen LogP) is 2.90. The van der Waals surface area contributed by atoms with Crippen LogP contribution in [0, 0.1) is 0 Å². The molecule has 1 aliphatic rings. The molecular formula is C17H15NO4. The summed E-state index contributed by atoms with van der Waals surface area (Å²) >= 11 is 0. The van der Waals surface area contributed by atoms with Gasteiger partial charge in [-0.15, -0.1) is 0 Å². The Morgan fingerprint density at radius 3 is 2.77 bits per heavy atom. The molecule has 0 unspecified atom stereocenters. The SMILES string of the molecule is COc1cccc(/C=C/C(=O)c2cc3c(cc2N)OCO3)c1. The van der Waals surface area contributed by atoms with Crippen molar-refractivity contribution in [2.24, 2.45) is 0 Å². The Morgan fingerprint density at radius 2 is 2.00 bits per heavy atom. The second kappa shape index (κ2) is 5.81. The summed E-state index contributed by atoms with van der Waals surface area (Å²) in [4.78, 5) is 12.3. The third-order valence-electron chi connectivity index (χ3n) is 3.33. The van der Waals surface area contributed by atoms with Gasteiger partial charge in [0.1, 0.15) is 5.75 Å². The fourth-order valence-corrected chi connectivity index (χ4v) is 2.18. The number of ether oxygens (including phenoxy) is 3. The summed E-state index contributed by atoms with van der Waals surface area (Å²) < 4.78 is 15.6. The number of ketones is 1. The van der Waals surface area contributed by atoms with E-state index in [0.29, 0.717) is 22.7 Å². The Labute approximate surface area is 127 Å². The lowest BCUT2D eigenvalue weighted by atomic mass is 10.1. The van der Waals surface area contributed by atoms with Gasteiger partial charge in [-0.25, -0.2) is 0 Å². The quantitative estimate of drug-likeness (QED) is 0.534. The van der Waals surface area contributed by atoms with Crippen LogP contribution in [0.3, 0.4) is 0 Å². The summed E-state index contributed by atoms with van der Waals surface area (Å²) in [6.07, 6.45) is 3.19. The van der Waals surface area contributed by atoms with Crippen LogP contribution in [0.5, 0.6) is 17.2 Å². The largest absolute Gasteiger partial charge is 0.497 e. The lowest BCUT2D eigenvalue weighted by Crippen LogP contribution is -2.00. The van der Waals surface area contributed by atoms with Crippen LogP contribution in [-0.4, -0.2) is 19.7 Å². The zero-order valence-electron chi connectivity index (χ0n) is 12.0. The van der Waals surface area contributed by atoms with E-state index in [-0.39, 0.29) is 12.6 Å². The van der Waals surface area contributed by atoms with Gasteiger partial charge in [-0.3, -0.25) is 4.79 Å².